The number of amides is 1. The summed E-state index contributed by atoms with van der Waals surface area (Å²) < 4.78 is 4.71. The molecule has 1 aliphatic carbocycles. The van der Waals surface area contributed by atoms with Gasteiger partial charge in [0.1, 0.15) is 5.69 Å². The van der Waals surface area contributed by atoms with Gasteiger partial charge in [0.15, 0.2) is 0 Å². The van der Waals surface area contributed by atoms with Gasteiger partial charge in [0.25, 0.3) is 5.69 Å². The number of hydrogen-bond acceptors (Lipinski definition) is 6. The highest BCUT2D eigenvalue weighted by Gasteiger charge is 2.34. The highest BCUT2D eigenvalue weighted by molar-refractivity contribution is 5.91. The Labute approximate surface area is 145 Å². The van der Waals surface area contributed by atoms with Gasteiger partial charge >= 0.3 is 5.97 Å². The predicted molar refractivity (Wildman–Crippen MR) is 90.6 cm³/mol. The zero-order valence-corrected chi connectivity index (χ0v) is 14.1. The van der Waals surface area contributed by atoms with Gasteiger partial charge in [-0.25, -0.2) is 4.79 Å². The molecule has 1 saturated carbocycles. The van der Waals surface area contributed by atoms with Crippen molar-refractivity contribution >= 4 is 23.3 Å². The van der Waals surface area contributed by atoms with Gasteiger partial charge in [-0.15, -0.1) is 0 Å². The van der Waals surface area contributed by atoms with E-state index in [0.717, 1.165) is 19.3 Å². The molecule has 0 bridgehead atoms. The summed E-state index contributed by atoms with van der Waals surface area (Å²) in [4.78, 5) is 38.7. The molecule has 1 aliphatic heterocycles. The monoisotopic (exact) mass is 347 g/mol. The molecule has 8 heteroatoms. The highest BCUT2D eigenvalue weighted by Crippen LogP contribution is 2.33. The van der Waals surface area contributed by atoms with Gasteiger partial charge in [-0.05, 0) is 31.4 Å². The zero-order chi connectivity index (χ0) is 18.0. The topological polar surface area (TPSA) is 93.0 Å². The molecule has 1 amide bonds. The molecule has 1 saturated heterocycles. The van der Waals surface area contributed by atoms with Gasteiger partial charge in [0.05, 0.1) is 17.6 Å². The van der Waals surface area contributed by atoms with Crippen molar-refractivity contribution in [3.05, 3.63) is 33.9 Å². The van der Waals surface area contributed by atoms with Gasteiger partial charge in [-0.1, -0.05) is 0 Å². The lowest BCUT2D eigenvalue weighted by molar-refractivity contribution is -0.384. The lowest BCUT2D eigenvalue weighted by Gasteiger charge is -2.24. The molecule has 2 aliphatic rings. The quantitative estimate of drug-likeness (QED) is 0.469. The molecule has 0 unspecified atom stereocenters. The van der Waals surface area contributed by atoms with E-state index in [1.165, 1.54) is 25.3 Å². The largest absolute Gasteiger partial charge is 0.465 e. The van der Waals surface area contributed by atoms with Crippen LogP contribution in [-0.4, -0.2) is 55.0 Å². The summed E-state index contributed by atoms with van der Waals surface area (Å²) in [5.41, 5.74) is 0.626. The summed E-state index contributed by atoms with van der Waals surface area (Å²) in [7, 11) is 1.27. The Kier molecular flexibility index (Phi) is 4.87. The van der Waals surface area contributed by atoms with Gasteiger partial charge in [0.2, 0.25) is 5.91 Å². The second kappa shape index (κ2) is 7.08. The Morgan fingerprint density at radius 2 is 1.96 bits per heavy atom. The number of nitrogens with zero attached hydrogens (tertiary/aromatic N) is 3. The van der Waals surface area contributed by atoms with E-state index in [-0.39, 0.29) is 23.1 Å². The molecule has 0 N–H and O–H groups in total. The highest BCUT2D eigenvalue weighted by atomic mass is 16.6. The average molecular weight is 347 g/mol. The Balaban J connectivity index is 1.82. The van der Waals surface area contributed by atoms with E-state index in [1.54, 1.807) is 0 Å². The van der Waals surface area contributed by atoms with Gasteiger partial charge in [-0.2, -0.15) is 0 Å². The van der Waals surface area contributed by atoms with Crippen molar-refractivity contribution in [3.63, 3.8) is 0 Å². The van der Waals surface area contributed by atoms with Crippen molar-refractivity contribution in [3.8, 4) is 0 Å². The number of nitro groups is 1. The van der Waals surface area contributed by atoms with E-state index in [9.17, 15) is 19.7 Å². The number of rotatable bonds is 4. The van der Waals surface area contributed by atoms with Crippen molar-refractivity contribution < 1.29 is 19.2 Å². The van der Waals surface area contributed by atoms with Crippen LogP contribution in [-0.2, 0) is 9.53 Å². The van der Waals surface area contributed by atoms with E-state index < -0.39 is 10.9 Å². The first-order chi connectivity index (χ1) is 12.0. The second-order valence-electron chi connectivity index (χ2n) is 6.39. The molecule has 25 heavy (non-hydrogen) atoms. The lowest BCUT2D eigenvalue weighted by Crippen LogP contribution is -2.36. The first-order valence-corrected chi connectivity index (χ1v) is 8.41. The van der Waals surface area contributed by atoms with Crippen molar-refractivity contribution in [1.29, 1.82) is 0 Å². The van der Waals surface area contributed by atoms with Crippen LogP contribution in [0, 0.1) is 16.0 Å². The Morgan fingerprint density at radius 1 is 1.20 bits per heavy atom. The van der Waals surface area contributed by atoms with E-state index in [0.29, 0.717) is 31.9 Å². The van der Waals surface area contributed by atoms with Crippen LogP contribution in [0.1, 0.15) is 29.6 Å². The number of carbonyl (C=O) groups is 2. The summed E-state index contributed by atoms with van der Waals surface area (Å²) in [5, 5.41) is 11.4. The Hall–Kier alpha value is -2.64. The van der Waals surface area contributed by atoms with E-state index in [1.807, 2.05) is 9.80 Å². The summed E-state index contributed by atoms with van der Waals surface area (Å²) in [6, 6.07) is 4.23. The van der Waals surface area contributed by atoms with Crippen LogP contribution in [0.2, 0.25) is 0 Å². The minimum absolute atomic E-state index is 0.0466. The molecular formula is C17H21N3O5. The number of methoxy groups -OCH3 is 1. The molecule has 0 atom stereocenters. The van der Waals surface area contributed by atoms with Crippen LogP contribution in [0.3, 0.4) is 0 Å². The fourth-order valence-electron chi connectivity index (χ4n) is 3.14. The number of ether oxygens (including phenoxy) is 1. The third-order valence-corrected chi connectivity index (χ3v) is 4.67. The number of nitro benzene ring substituents is 1. The molecule has 0 aromatic heterocycles. The van der Waals surface area contributed by atoms with E-state index in [2.05, 4.69) is 0 Å². The second-order valence-corrected chi connectivity index (χ2v) is 6.39. The maximum atomic E-state index is 12.3. The molecule has 134 valence electrons. The molecule has 1 heterocycles. The Bertz CT molecular complexity index is 702. The standard InChI is InChI=1S/C17H21N3O5/c1-25-17(22)13-5-6-14(20(23)24)15(11-13)18-7-2-8-19(10-9-18)16(21)12-3-4-12/h5-6,11-12H,2-4,7-10H2,1H3. The maximum absolute atomic E-state index is 12.3. The first-order valence-electron chi connectivity index (χ1n) is 8.41. The lowest BCUT2D eigenvalue weighted by atomic mass is 10.1. The SMILES string of the molecule is COC(=O)c1ccc([N+](=O)[O-])c(N2CCCN(C(=O)C3CC3)CC2)c1. The fraction of sp³-hybridized carbons (Fsp3) is 0.529. The minimum Gasteiger partial charge on any atom is -0.465 e. The summed E-state index contributed by atoms with van der Waals surface area (Å²) in [6.45, 7) is 2.30. The van der Waals surface area contributed by atoms with E-state index in [4.69, 9.17) is 4.74 Å². The number of esters is 1. The van der Waals surface area contributed by atoms with Gasteiger partial charge in [0, 0.05) is 38.2 Å². The molecular weight excluding hydrogens is 326 g/mol. The first kappa shape index (κ1) is 17.2. The van der Waals surface area contributed by atoms with Crippen molar-refractivity contribution in [2.75, 3.05) is 38.2 Å². The molecule has 8 nitrogen and oxygen atoms in total. The number of benzene rings is 1. The van der Waals surface area contributed by atoms with Crippen molar-refractivity contribution in [1.82, 2.24) is 4.90 Å². The average Bonchev–Trinajstić information content (AvgIpc) is 3.46. The maximum Gasteiger partial charge on any atom is 0.337 e. The van der Waals surface area contributed by atoms with Gasteiger partial charge in [-0.3, -0.25) is 14.9 Å². The van der Waals surface area contributed by atoms with Crippen LogP contribution in [0.15, 0.2) is 18.2 Å². The van der Waals surface area contributed by atoms with E-state index >= 15 is 0 Å². The molecule has 3 rings (SSSR count). The van der Waals surface area contributed by atoms with Gasteiger partial charge < -0.3 is 14.5 Å². The van der Waals surface area contributed by atoms with Crippen LogP contribution in [0.25, 0.3) is 0 Å². The number of anilines is 1. The predicted octanol–water partition coefficient (Wildman–Crippen LogP) is 1.83. The number of hydrogen-bond donors (Lipinski definition) is 0. The van der Waals surface area contributed by atoms with Crippen LogP contribution < -0.4 is 4.90 Å². The smallest absolute Gasteiger partial charge is 0.337 e. The Morgan fingerprint density at radius 3 is 2.60 bits per heavy atom. The third kappa shape index (κ3) is 3.72. The van der Waals surface area contributed by atoms with Crippen LogP contribution >= 0.6 is 0 Å². The van der Waals surface area contributed by atoms with Crippen molar-refractivity contribution in [2.45, 2.75) is 19.3 Å². The molecule has 0 radical (unpaired) electrons. The fourth-order valence-corrected chi connectivity index (χ4v) is 3.14. The summed E-state index contributed by atoms with van der Waals surface area (Å²) in [6.07, 6.45) is 2.66. The zero-order valence-electron chi connectivity index (χ0n) is 14.1. The van der Waals surface area contributed by atoms with Crippen LogP contribution in [0.5, 0.6) is 0 Å². The van der Waals surface area contributed by atoms with Crippen LogP contribution in [0.4, 0.5) is 11.4 Å². The third-order valence-electron chi connectivity index (χ3n) is 4.67. The minimum atomic E-state index is -0.531. The molecule has 0 spiro atoms. The molecule has 1 aromatic carbocycles. The molecule has 2 fully saturated rings. The van der Waals surface area contributed by atoms with Crippen molar-refractivity contribution in [2.24, 2.45) is 5.92 Å². The summed E-state index contributed by atoms with van der Waals surface area (Å²) >= 11 is 0. The summed E-state index contributed by atoms with van der Waals surface area (Å²) in [5.74, 6) is -0.167. The normalized spacial score (nSPS) is 17.8. The molecule has 1 aromatic rings. The number of carbonyl (C=O) groups excluding carboxylic acids is 2.